The fourth-order valence-electron chi connectivity index (χ4n) is 3.08. The van der Waals surface area contributed by atoms with Gasteiger partial charge in [-0.15, -0.1) is 0 Å². The first kappa shape index (κ1) is 20.7. The summed E-state index contributed by atoms with van der Waals surface area (Å²) in [5.41, 5.74) is 1.91. The van der Waals surface area contributed by atoms with Gasteiger partial charge in [-0.1, -0.05) is 54.5 Å². The van der Waals surface area contributed by atoms with E-state index in [1.54, 1.807) is 30.3 Å². The van der Waals surface area contributed by atoms with E-state index in [4.69, 9.17) is 0 Å². The van der Waals surface area contributed by atoms with Crippen LogP contribution in [-0.4, -0.2) is 28.9 Å². The van der Waals surface area contributed by atoms with E-state index in [0.29, 0.717) is 0 Å². The maximum Gasteiger partial charge on any atom is 0.241 e. The molecule has 0 spiro atoms. The van der Waals surface area contributed by atoms with Gasteiger partial charge in [0, 0.05) is 6.04 Å². The Hall–Kier alpha value is -2.00. The fraction of sp³-hybridized carbons (Fsp3) is 0.300. The maximum atomic E-state index is 12.7. The van der Waals surface area contributed by atoms with Crippen molar-refractivity contribution in [1.29, 1.82) is 0 Å². The van der Waals surface area contributed by atoms with E-state index in [2.05, 4.69) is 9.44 Å². The van der Waals surface area contributed by atoms with E-state index in [1.807, 2.05) is 26.8 Å². The lowest BCUT2D eigenvalue weighted by Crippen LogP contribution is -2.50. The van der Waals surface area contributed by atoms with Gasteiger partial charge in [-0.25, -0.2) is 26.3 Å². The third-order valence-electron chi connectivity index (χ3n) is 4.82. The summed E-state index contributed by atoms with van der Waals surface area (Å²) < 4.78 is 56.2. The molecule has 0 saturated carbocycles. The van der Waals surface area contributed by atoms with Crippen molar-refractivity contribution in [1.82, 2.24) is 9.44 Å². The van der Waals surface area contributed by atoms with Gasteiger partial charge in [-0.05, 0) is 44.0 Å². The van der Waals surface area contributed by atoms with E-state index in [9.17, 15) is 16.8 Å². The molecule has 0 aliphatic heterocycles. The lowest BCUT2D eigenvalue weighted by Gasteiger charge is -2.25. The molecule has 150 valence electrons. The van der Waals surface area contributed by atoms with Crippen LogP contribution >= 0.6 is 0 Å². The van der Waals surface area contributed by atoms with Crippen molar-refractivity contribution in [2.45, 2.75) is 42.6 Å². The Morgan fingerprint density at radius 1 is 0.679 bits per heavy atom. The Labute approximate surface area is 166 Å². The van der Waals surface area contributed by atoms with Gasteiger partial charge in [0.2, 0.25) is 20.0 Å². The molecule has 2 N–H and O–H groups in total. The Balaban J connectivity index is 1.81. The van der Waals surface area contributed by atoms with Crippen LogP contribution in [0, 0.1) is 19.8 Å². The molecule has 0 unspecified atom stereocenters. The van der Waals surface area contributed by atoms with Crippen LogP contribution in [0.25, 0.3) is 0 Å². The number of rotatable bonds is 6. The Bertz CT molecular complexity index is 1070. The Morgan fingerprint density at radius 2 is 1.11 bits per heavy atom. The standard InChI is InChI=1S/C20H24N2O4S2/c1-14-4-9-17(10-5-14)27(23,24)21-19-13-8-16(3)20(19)22-28(25,26)18-11-6-15(2)7-12-18/h4-13,16,19-22H,1-3H3/t16-,19-,20+/m0/s1. The largest absolute Gasteiger partial charge is 0.241 e. The summed E-state index contributed by atoms with van der Waals surface area (Å²) in [6.07, 6.45) is 3.50. The molecular weight excluding hydrogens is 396 g/mol. The summed E-state index contributed by atoms with van der Waals surface area (Å²) in [7, 11) is -7.56. The van der Waals surface area contributed by atoms with E-state index in [1.165, 1.54) is 24.3 Å². The monoisotopic (exact) mass is 420 g/mol. The van der Waals surface area contributed by atoms with Gasteiger partial charge in [-0.3, -0.25) is 0 Å². The second kappa shape index (κ2) is 7.79. The molecule has 2 aromatic rings. The fourth-order valence-corrected chi connectivity index (χ4v) is 5.65. The first-order valence-electron chi connectivity index (χ1n) is 8.95. The number of hydrogen-bond acceptors (Lipinski definition) is 4. The third kappa shape index (κ3) is 4.52. The van der Waals surface area contributed by atoms with Crippen molar-refractivity contribution in [3.05, 3.63) is 71.8 Å². The summed E-state index contributed by atoms with van der Waals surface area (Å²) in [5, 5.41) is 0. The number of hydrogen-bond donors (Lipinski definition) is 2. The molecular formula is C20H24N2O4S2. The Kier molecular flexibility index (Phi) is 5.77. The maximum absolute atomic E-state index is 12.7. The van der Waals surface area contributed by atoms with Gasteiger partial charge in [0.25, 0.3) is 0 Å². The predicted octanol–water partition coefficient (Wildman–Crippen LogP) is 2.50. The van der Waals surface area contributed by atoms with Gasteiger partial charge in [0.05, 0.1) is 15.8 Å². The van der Waals surface area contributed by atoms with Gasteiger partial charge < -0.3 is 0 Å². The molecule has 0 aromatic heterocycles. The van der Waals surface area contributed by atoms with Crippen molar-refractivity contribution >= 4 is 20.0 Å². The molecule has 2 aromatic carbocycles. The molecule has 3 rings (SSSR count). The van der Waals surface area contributed by atoms with Crippen LogP contribution in [0.2, 0.25) is 0 Å². The van der Waals surface area contributed by atoms with Crippen LogP contribution in [-0.2, 0) is 20.0 Å². The summed E-state index contributed by atoms with van der Waals surface area (Å²) in [5.74, 6) is -0.161. The molecule has 0 saturated heterocycles. The molecule has 0 fully saturated rings. The van der Waals surface area contributed by atoms with Crippen molar-refractivity contribution in [3.8, 4) is 0 Å². The summed E-state index contributed by atoms with van der Waals surface area (Å²) in [6, 6.07) is 11.7. The van der Waals surface area contributed by atoms with Gasteiger partial charge >= 0.3 is 0 Å². The molecule has 0 heterocycles. The highest BCUT2D eigenvalue weighted by atomic mass is 32.2. The van der Waals surface area contributed by atoms with E-state index >= 15 is 0 Å². The Morgan fingerprint density at radius 3 is 1.57 bits per heavy atom. The minimum Gasteiger partial charge on any atom is -0.207 e. The minimum atomic E-state index is -3.78. The van der Waals surface area contributed by atoms with Crippen LogP contribution in [0.5, 0.6) is 0 Å². The number of sulfonamides is 2. The van der Waals surface area contributed by atoms with E-state index < -0.39 is 32.1 Å². The second-order valence-electron chi connectivity index (χ2n) is 7.16. The molecule has 8 heteroatoms. The normalized spacial score (nSPS) is 22.5. The summed E-state index contributed by atoms with van der Waals surface area (Å²) >= 11 is 0. The zero-order valence-corrected chi connectivity index (χ0v) is 17.6. The predicted molar refractivity (Wildman–Crippen MR) is 109 cm³/mol. The number of aryl methyl sites for hydroxylation is 2. The van der Waals surface area contributed by atoms with Crippen molar-refractivity contribution in [2.75, 3.05) is 0 Å². The first-order chi connectivity index (χ1) is 13.1. The molecule has 1 aliphatic carbocycles. The van der Waals surface area contributed by atoms with Gasteiger partial charge in [0.15, 0.2) is 0 Å². The lowest BCUT2D eigenvalue weighted by molar-refractivity contribution is 0.451. The zero-order chi connectivity index (χ0) is 20.5. The van der Waals surface area contributed by atoms with Gasteiger partial charge in [-0.2, -0.15) is 0 Å². The average Bonchev–Trinajstić information content (AvgIpc) is 2.95. The molecule has 0 amide bonds. The van der Waals surface area contributed by atoms with Crippen LogP contribution in [0.4, 0.5) is 0 Å². The molecule has 1 aliphatic rings. The molecule has 3 atom stereocenters. The minimum absolute atomic E-state index is 0.145. The first-order valence-corrected chi connectivity index (χ1v) is 11.9. The van der Waals surface area contributed by atoms with E-state index in [0.717, 1.165) is 11.1 Å². The number of nitrogens with one attached hydrogen (secondary N) is 2. The third-order valence-corrected chi connectivity index (χ3v) is 7.77. The van der Waals surface area contributed by atoms with E-state index in [-0.39, 0.29) is 15.7 Å². The van der Waals surface area contributed by atoms with Crippen LogP contribution in [0.3, 0.4) is 0 Å². The van der Waals surface area contributed by atoms with Crippen LogP contribution < -0.4 is 9.44 Å². The number of benzene rings is 2. The van der Waals surface area contributed by atoms with Crippen molar-refractivity contribution in [2.24, 2.45) is 5.92 Å². The molecule has 0 bridgehead atoms. The quantitative estimate of drug-likeness (QED) is 0.703. The topological polar surface area (TPSA) is 92.3 Å². The molecule has 28 heavy (non-hydrogen) atoms. The summed E-state index contributed by atoms with van der Waals surface area (Å²) in [4.78, 5) is 0.295. The van der Waals surface area contributed by atoms with Gasteiger partial charge in [0.1, 0.15) is 0 Å². The highest BCUT2D eigenvalue weighted by molar-refractivity contribution is 7.90. The average molecular weight is 421 g/mol. The second-order valence-corrected chi connectivity index (χ2v) is 10.6. The van der Waals surface area contributed by atoms with Crippen LogP contribution in [0.1, 0.15) is 18.1 Å². The highest BCUT2D eigenvalue weighted by Crippen LogP contribution is 2.23. The lowest BCUT2D eigenvalue weighted by atomic mass is 10.1. The SMILES string of the molecule is Cc1ccc(S(=O)(=O)N[C@H]2[C@@H](NS(=O)(=O)c3ccc(C)cc3)C=C[C@@H]2C)cc1. The molecule has 6 nitrogen and oxygen atoms in total. The highest BCUT2D eigenvalue weighted by Gasteiger charge is 2.35. The molecule has 0 radical (unpaired) electrons. The smallest absolute Gasteiger partial charge is 0.207 e. The van der Waals surface area contributed by atoms with Crippen LogP contribution in [0.15, 0.2) is 70.5 Å². The van der Waals surface area contributed by atoms with Crippen molar-refractivity contribution < 1.29 is 16.8 Å². The summed E-state index contributed by atoms with van der Waals surface area (Å²) in [6.45, 7) is 5.60. The van der Waals surface area contributed by atoms with Crippen molar-refractivity contribution in [3.63, 3.8) is 0 Å². The zero-order valence-electron chi connectivity index (χ0n) is 16.0.